The SMILES string of the molecule is CCN(CC(=O)Nc1ccccc1C(F)(F)F)C(=O)CCn1cnc2ccccc2c1=O. The summed E-state index contributed by atoms with van der Waals surface area (Å²) in [6.45, 7) is 1.48. The van der Waals surface area contributed by atoms with Crippen LogP contribution in [-0.4, -0.2) is 39.4 Å². The number of aromatic nitrogens is 2. The van der Waals surface area contributed by atoms with E-state index in [0.29, 0.717) is 10.9 Å². The van der Waals surface area contributed by atoms with Gasteiger partial charge in [0.15, 0.2) is 0 Å². The summed E-state index contributed by atoms with van der Waals surface area (Å²) in [6.07, 6.45) is -3.33. The molecule has 2 aromatic carbocycles. The lowest BCUT2D eigenvalue weighted by molar-refractivity contribution is -0.137. The average molecular weight is 446 g/mol. The third-order valence-electron chi connectivity index (χ3n) is 4.87. The van der Waals surface area contributed by atoms with E-state index in [1.54, 1.807) is 31.2 Å². The lowest BCUT2D eigenvalue weighted by Gasteiger charge is -2.21. The Hall–Kier alpha value is -3.69. The number of carbonyl (C=O) groups excluding carboxylic acids is 2. The van der Waals surface area contributed by atoms with E-state index in [1.165, 1.54) is 27.9 Å². The van der Waals surface area contributed by atoms with Gasteiger partial charge >= 0.3 is 6.18 Å². The van der Waals surface area contributed by atoms with Crippen LogP contribution in [0.3, 0.4) is 0 Å². The number of likely N-dealkylation sites (N-methyl/N-ethyl adjacent to an activating group) is 1. The summed E-state index contributed by atoms with van der Waals surface area (Å²) in [5.74, 6) is -1.16. The van der Waals surface area contributed by atoms with Crippen molar-refractivity contribution in [3.63, 3.8) is 0 Å². The first kappa shape index (κ1) is 23.0. The number of nitrogens with one attached hydrogen (secondary N) is 1. The van der Waals surface area contributed by atoms with Gasteiger partial charge in [0.2, 0.25) is 11.8 Å². The van der Waals surface area contributed by atoms with Crippen LogP contribution in [-0.2, 0) is 22.3 Å². The zero-order valence-corrected chi connectivity index (χ0v) is 17.2. The van der Waals surface area contributed by atoms with Crippen molar-refractivity contribution in [3.05, 3.63) is 70.8 Å². The van der Waals surface area contributed by atoms with Crippen LogP contribution in [0.15, 0.2) is 59.7 Å². The standard InChI is InChI=1S/C22H21F3N4O3/c1-2-28(13-19(30)27-18-10-6-4-8-16(18)22(23,24)25)20(31)11-12-29-14-26-17-9-5-3-7-15(17)21(29)32/h3-10,14H,2,11-13H2,1H3,(H,27,30). The Labute approximate surface area is 181 Å². The Bertz CT molecular complexity index is 1190. The Morgan fingerprint density at radius 3 is 2.50 bits per heavy atom. The van der Waals surface area contributed by atoms with Crippen LogP contribution in [0.4, 0.5) is 18.9 Å². The quantitative estimate of drug-likeness (QED) is 0.604. The first-order valence-corrected chi connectivity index (χ1v) is 9.88. The molecule has 0 saturated carbocycles. The number of fused-ring (bicyclic) bond motifs is 1. The fourth-order valence-electron chi connectivity index (χ4n) is 3.22. The number of nitrogens with zero attached hydrogens (tertiary/aromatic N) is 3. The van der Waals surface area contributed by atoms with Crippen molar-refractivity contribution < 1.29 is 22.8 Å². The highest BCUT2D eigenvalue weighted by molar-refractivity contribution is 5.95. The molecule has 1 N–H and O–H groups in total. The fraction of sp³-hybridized carbons (Fsp3) is 0.273. The van der Waals surface area contributed by atoms with E-state index in [0.717, 1.165) is 12.1 Å². The topological polar surface area (TPSA) is 84.3 Å². The van der Waals surface area contributed by atoms with Gasteiger partial charge in [-0.05, 0) is 31.2 Å². The van der Waals surface area contributed by atoms with Crippen molar-refractivity contribution in [1.82, 2.24) is 14.5 Å². The van der Waals surface area contributed by atoms with E-state index in [2.05, 4.69) is 10.3 Å². The number of rotatable bonds is 7. The molecule has 10 heteroatoms. The minimum atomic E-state index is -4.62. The molecular weight excluding hydrogens is 425 g/mol. The maximum atomic E-state index is 13.1. The fourth-order valence-corrected chi connectivity index (χ4v) is 3.22. The summed E-state index contributed by atoms with van der Waals surface area (Å²) < 4.78 is 40.6. The van der Waals surface area contributed by atoms with Gasteiger partial charge in [-0.25, -0.2) is 4.98 Å². The molecule has 0 unspecified atom stereocenters. The smallest absolute Gasteiger partial charge is 0.334 e. The van der Waals surface area contributed by atoms with Crippen LogP contribution >= 0.6 is 0 Å². The zero-order valence-electron chi connectivity index (χ0n) is 17.2. The zero-order chi connectivity index (χ0) is 23.3. The molecule has 32 heavy (non-hydrogen) atoms. The van der Waals surface area contributed by atoms with Crippen molar-refractivity contribution in [1.29, 1.82) is 0 Å². The molecule has 0 saturated heterocycles. The van der Waals surface area contributed by atoms with Gasteiger partial charge in [-0.3, -0.25) is 19.0 Å². The molecule has 0 atom stereocenters. The lowest BCUT2D eigenvalue weighted by Crippen LogP contribution is -2.38. The van der Waals surface area contributed by atoms with Crippen molar-refractivity contribution >= 4 is 28.4 Å². The minimum absolute atomic E-state index is 0.0600. The van der Waals surface area contributed by atoms with E-state index in [1.807, 2.05) is 0 Å². The van der Waals surface area contributed by atoms with Crippen molar-refractivity contribution in [3.8, 4) is 0 Å². The maximum absolute atomic E-state index is 13.1. The predicted octanol–water partition coefficient (Wildman–Crippen LogP) is 3.29. The van der Waals surface area contributed by atoms with Crippen LogP contribution in [0.25, 0.3) is 10.9 Å². The van der Waals surface area contributed by atoms with Crippen LogP contribution in [0.1, 0.15) is 18.9 Å². The molecule has 2 amide bonds. The molecule has 0 bridgehead atoms. The number of carbonyl (C=O) groups is 2. The largest absolute Gasteiger partial charge is 0.418 e. The summed E-state index contributed by atoms with van der Waals surface area (Å²) in [7, 11) is 0. The summed E-state index contributed by atoms with van der Waals surface area (Å²) >= 11 is 0. The van der Waals surface area contributed by atoms with Gasteiger partial charge in [0.05, 0.1) is 35.0 Å². The summed E-state index contributed by atoms with van der Waals surface area (Å²) in [5.41, 5.74) is -1.08. The minimum Gasteiger partial charge on any atom is -0.334 e. The van der Waals surface area contributed by atoms with Gasteiger partial charge in [0.25, 0.3) is 5.56 Å². The number of aryl methyl sites for hydroxylation is 1. The third-order valence-corrected chi connectivity index (χ3v) is 4.87. The number of amides is 2. The molecule has 1 heterocycles. The van der Waals surface area contributed by atoms with Crippen molar-refractivity contribution in [2.45, 2.75) is 26.1 Å². The van der Waals surface area contributed by atoms with Crippen molar-refractivity contribution in [2.75, 3.05) is 18.4 Å². The van der Waals surface area contributed by atoms with Gasteiger partial charge in [-0.15, -0.1) is 0 Å². The normalized spacial score (nSPS) is 11.4. The Kier molecular flexibility index (Phi) is 6.92. The predicted molar refractivity (Wildman–Crippen MR) is 113 cm³/mol. The summed E-state index contributed by atoms with van der Waals surface area (Å²) in [4.78, 5) is 42.8. The Balaban J connectivity index is 1.64. The van der Waals surface area contributed by atoms with Crippen LogP contribution in [0.2, 0.25) is 0 Å². The number of halogens is 3. The Morgan fingerprint density at radius 2 is 1.78 bits per heavy atom. The van der Waals surface area contributed by atoms with E-state index < -0.39 is 30.1 Å². The van der Waals surface area contributed by atoms with Gasteiger partial charge in [0.1, 0.15) is 0 Å². The third kappa shape index (κ3) is 5.32. The Morgan fingerprint density at radius 1 is 1.09 bits per heavy atom. The number of benzene rings is 2. The summed E-state index contributed by atoms with van der Waals surface area (Å²) in [6, 6.07) is 11.5. The highest BCUT2D eigenvalue weighted by Gasteiger charge is 2.33. The first-order valence-electron chi connectivity index (χ1n) is 9.88. The number of hydrogen-bond acceptors (Lipinski definition) is 4. The molecular formula is C22H21F3N4O3. The molecule has 0 radical (unpaired) electrons. The highest BCUT2D eigenvalue weighted by Crippen LogP contribution is 2.34. The molecule has 0 aliphatic rings. The van der Waals surface area contributed by atoms with Crippen LogP contribution in [0, 0.1) is 0 Å². The number of anilines is 1. The van der Waals surface area contributed by atoms with E-state index in [-0.39, 0.29) is 30.8 Å². The van der Waals surface area contributed by atoms with Gasteiger partial charge in [-0.2, -0.15) is 13.2 Å². The monoisotopic (exact) mass is 446 g/mol. The second-order valence-electron chi connectivity index (χ2n) is 7.01. The molecule has 168 valence electrons. The number of para-hydroxylation sites is 2. The van der Waals surface area contributed by atoms with Crippen LogP contribution < -0.4 is 10.9 Å². The molecule has 0 fully saturated rings. The number of alkyl halides is 3. The molecule has 0 spiro atoms. The molecule has 3 aromatic rings. The summed E-state index contributed by atoms with van der Waals surface area (Å²) in [5, 5.41) is 2.65. The number of hydrogen-bond donors (Lipinski definition) is 1. The van der Waals surface area contributed by atoms with Crippen molar-refractivity contribution in [2.24, 2.45) is 0 Å². The average Bonchev–Trinajstić information content (AvgIpc) is 2.76. The van der Waals surface area contributed by atoms with Gasteiger partial charge < -0.3 is 10.2 Å². The molecule has 3 rings (SSSR count). The molecule has 7 nitrogen and oxygen atoms in total. The van der Waals surface area contributed by atoms with Crippen LogP contribution in [0.5, 0.6) is 0 Å². The van der Waals surface area contributed by atoms with Gasteiger partial charge in [-0.1, -0.05) is 24.3 Å². The lowest BCUT2D eigenvalue weighted by atomic mass is 10.1. The van der Waals surface area contributed by atoms with E-state index >= 15 is 0 Å². The van der Waals surface area contributed by atoms with E-state index in [9.17, 15) is 27.6 Å². The van der Waals surface area contributed by atoms with E-state index in [4.69, 9.17) is 0 Å². The van der Waals surface area contributed by atoms with Gasteiger partial charge in [0, 0.05) is 19.5 Å². The highest BCUT2D eigenvalue weighted by atomic mass is 19.4. The maximum Gasteiger partial charge on any atom is 0.418 e. The molecule has 0 aliphatic heterocycles. The second kappa shape index (κ2) is 9.63. The molecule has 1 aromatic heterocycles. The second-order valence-corrected chi connectivity index (χ2v) is 7.01. The first-order chi connectivity index (χ1) is 15.2. The molecule has 0 aliphatic carbocycles.